The fourth-order valence-corrected chi connectivity index (χ4v) is 5.37. The predicted octanol–water partition coefficient (Wildman–Crippen LogP) is 2.90. The molecule has 4 N–H and O–H groups in total. The fourth-order valence-electron chi connectivity index (χ4n) is 5.37. The molecular formula is C27H30N6O2. The topological polar surface area (TPSA) is 118 Å². The summed E-state index contributed by atoms with van der Waals surface area (Å²) in [6, 6.07) is 18.2. The van der Waals surface area contributed by atoms with Crippen LogP contribution < -0.4 is 11.1 Å². The molecule has 2 aromatic carbocycles. The van der Waals surface area contributed by atoms with Crippen LogP contribution in [-0.4, -0.2) is 57.4 Å². The van der Waals surface area contributed by atoms with Gasteiger partial charge in [-0.2, -0.15) is 5.26 Å². The third-order valence-electron chi connectivity index (χ3n) is 7.22. The van der Waals surface area contributed by atoms with Crippen molar-refractivity contribution in [1.82, 2.24) is 20.1 Å². The Morgan fingerprint density at radius 3 is 2.71 bits per heavy atom. The number of amides is 3. The summed E-state index contributed by atoms with van der Waals surface area (Å²) in [6.07, 6.45) is 4.33. The molecule has 35 heavy (non-hydrogen) atoms. The molecule has 0 unspecified atom stereocenters. The van der Waals surface area contributed by atoms with E-state index in [-0.39, 0.29) is 37.0 Å². The molecule has 2 saturated heterocycles. The van der Waals surface area contributed by atoms with Gasteiger partial charge in [0.15, 0.2) is 0 Å². The van der Waals surface area contributed by atoms with E-state index in [1.54, 1.807) is 4.90 Å². The molecular weight excluding hydrogens is 440 g/mol. The number of nitriles is 1. The second kappa shape index (κ2) is 9.90. The molecule has 3 heterocycles. The zero-order valence-electron chi connectivity index (χ0n) is 19.6. The molecule has 2 fully saturated rings. The van der Waals surface area contributed by atoms with Gasteiger partial charge in [-0.1, -0.05) is 48.5 Å². The second-order valence-corrected chi connectivity index (χ2v) is 9.46. The van der Waals surface area contributed by atoms with E-state index in [9.17, 15) is 14.9 Å². The van der Waals surface area contributed by atoms with Crippen molar-refractivity contribution in [1.29, 1.82) is 5.26 Å². The number of para-hydroxylation sites is 1. The lowest BCUT2D eigenvalue weighted by Gasteiger charge is -2.47. The Kier molecular flexibility index (Phi) is 6.53. The average molecular weight is 471 g/mol. The van der Waals surface area contributed by atoms with Gasteiger partial charge in [0, 0.05) is 42.1 Å². The molecule has 0 saturated carbocycles. The summed E-state index contributed by atoms with van der Waals surface area (Å²) in [5.74, 6) is -0.176. The molecule has 5 rings (SSSR count). The molecule has 0 aliphatic carbocycles. The number of nitrogens with one attached hydrogen (secondary N) is 2. The van der Waals surface area contributed by atoms with Gasteiger partial charge in [-0.25, -0.2) is 4.79 Å². The molecule has 3 amide bonds. The molecule has 0 radical (unpaired) electrons. The van der Waals surface area contributed by atoms with E-state index in [1.807, 2.05) is 60.8 Å². The van der Waals surface area contributed by atoms with E-state index in [0.717, 1.165) is 34.9 Å². The summed E-state index contributed by atoms with van der Waals surface area (Å²) in [4.78, 5) is 32.6. The first kappa shape index (κ1) is 23.1. The number of hydrogen-bond acceptors (Lipinski definition) is 5. The Morgan fingerprint density at radius 1 is 1.14 bits per heavy atom. The highest BCUT2D eigenvalue weighted by Gasteiger charge is 2.44. The van der Waals surface area contributed by atoms with E-state index in [1.165, 1.54) is 4.90 Å². The summed E-state index contributed by atoms with van der Waals surface area (Å²) in [5, 5.41) is 14.4. The van der Waals surface area contributed by atoms with E-state index in [2.05, 4.69) is 16.4 Å². The van der Waals surface area contributed by atoms with Crippen LogP contribution in [0.5, 0.6) is 0 Å². The quantitative estimate of drug-likeness (QED) is 0.491. The van der Waals surface area contributed by atoms with Gasteiger partial charge in [-0.15, -0.1) is 0 Å². The Labute approximate surface area is 204 Å². The monoisotopic (exact) mass is 470 g/mol. The van der Waals surface area contributed by atoms with Crippen molar-refractivity contribution in [3.8, 4) is 6.07 Å². The number of benzene rings is 2. The number of imide groups is 1. The number of urea groups is 1. The standard InChI is InChI=1S/C27H30N6O2/c28-15-24(21(29)13-19-16-30-22-10-5-4-9-20(19)22)31-23-11-6-12-32-25(23)14-26(34)33(27(32)35)17-18-7-2-1-3-8-18/h1-5,7-10,16,21,23-25,30-31H,6,11-14,17,29H2/t21-,23+,24-,25-/m0/s1. The normalized spacial score (nSPS) is 22.1. The van der Waals surface area contributed by atoms with Crippen LogP contribution in [0.25, 0.3) is 10.9 Å². The maximum Gasteiger partial charge on any atom is 0.327 e. The first-order valence-corrected chi connectivity index (χ1v) is 12.2. The maximum absolute atomic E-state index is 13.3. The van der Waals surface area contributed by atoms with Crippen molar-refractivity contribution in [3.05, 3.63) is 71.9 Å². The van der Waals surface area contributed by atoms with Crippen LogP contribution >= 0.6 is 0 Å². The number of nitrogens with zero attached hydrogens (tertiary/aromatic N) is 3. The van der Waals surface area contributed by atoms with Gasteiger partial charge in [-0.05, 0) is 36.5 Å². The number of H-pyrrole nitrogens is 1. The van der Waals surface area contributed by atoms with Crippen molar-refractivity contribution in [3.63, 3.8) is 0 Å². The SMILES string of the molecule is N#C[C@H](N[C@@H]1CCCN2C(=O)N(Cc3ccccc3)C(=O)C[C@@H]12)[C@@H](N)Cc1c[nH]c2ccccc12. The Bertz CT molecular complexity index is 1250. The van der Waals surface area contributed by atoms with E-state index in [0.29, 0.717) is 13.0 Å². The molecule has 8 heteroatoms. The fraction of sp³-hybridized carbons (Fsp3) is 0.370. The molecule has 1 aromatic heterocycles. The first-order valence-electron chi connectivity index (χ1n) is 12.2. The van der Waals surface area contributed by atoms with Crippen molar-refractivity contribution in [2.24, 2.45) is 5.73 Å². The van der Waals surface area contributed by atoms with Gasteiger partial charge in [0.2, 0.25) is 5.91 Å². The number of aromatic nitrogens is 1. The largest absolute Gasteiger partial charge is 0.361 e. The third kappa shape index (κ3) is 4.65. The number of hydrogen-bond donors (Lipinski definition) is 3. The minimum absolute atomic E-state index is 0.158. The molecule has 180 valence electrons. The number of carbonyl (C=O) groups is 2. The second-order valence-electron chi connectivity index (χ2n) is 9.46. The minimum atomic E-state index is -0.596. The molecule has 8 nitrogen and oxygen atoms in total. The lowest BCUT2D eigenvalue weighted by Crippen LogP contribution is -2.66. The number of fused-ring (bicyclic) bond motifs is 2. The Hall–Kier alpha value is -3.67. The predicted molar refractivity (Wildman–Crippen MR) is 133 cm³/mol. The lowest BCUT2D eigenvalue weighted by atomic mass is 9.90. The molecule has 2 aliphatic heterocycles. The van der Waals surface area contributed by atoms with Gasteiger partial charge in [0.25, 0.3) is 0 Å². The third-order valence-corrected chi connectivity index (χ3v) is 7.22. The van der Waals surface area contributed by atoms with Crippen LogP contribution in [-0.2, 0) is 17.8 Å². The highest BCUT2D eigenvalue weighted by molar-refractivity contribution is 5.97. The summed E-state index contributed by atoms with van der Waals surface area (Å²) in [5.41, 5.74) is 9.54. The highest BCUT2D eigenvalue weighted by Crippen LogP contribution is 2.28. The average Bonchev–Trinajstić information content (AvgIpc) is 3.28. The van der Waals surface area contributed by atoms with Gasteiger partial charge in [0.05, 0.1) is 18.7 Å². The zero-order valence-corrected chi connectivity index (χ0v) is 19.6. The van der Waals surface area contributed by atoms with E-state index < -0.39 is 12.1 Å². The summed E-state index contributed by atoms with van der Waals surface area (Å²) < 4.78 is 0. The number of carbonyl (C=O) groups excluding carboxylic acids is 2. The van der Waals surface area contributed by atoms with Gasteiger partial charge in [0.1, 0.15) is 6.04 Å². The van der Waals surface area contributed by atoms with Crippen LogP contribution in [0.4, 0.5) is 4.79 Å². The van der Waals surface area contributed by atoms with Crippen LogP contribution in [0.2, 0.25) is 0 Å². The van der Waals surface area contributed by atoms with Crippen LogP contribution in [0.1, 0.15) is 30.4 Å². The first-order chi connectivity index (χ1) is 17.0. The number of rotatable bonds is 7. The summed E-state index contributed by atoms with van der Waals surface area (Å²) in [7, 11) is 0. The highest BCUT2D eigenvalue weighted by atomic mass is 16.2. The van der Waals surface area contributed by atoms with Crippen molar-refractivity contribution >= 4 is 22.8 Å². The minimum Gasteiger partial charge on any atom is -0.361 e. The smallest absolute Gasteiger partial charge is 0.327 e. The molecule has 2 aliphatic rings. The van der Waals surface area contributed by atoms with Gasteiger partial charge < -0.3 is 15.6 Å². The Balaban J connectivity index is 1.27. The zero-order chi connectivity index (χ0) is 24.4. The molecule has 0 bridgehead atoms. The van der Waals surface area contributed by atoms with E-state index >= 15 is 0 Å². The van der Waals surface area contributed by atoms with Gasteiger partial charge in [-0.3, -0.25) is 15.0 Å². The van der Waals surface area contributed by atoms with Crippen molar-refractivity contribution in [2.75, 3.05) is 6.54 Å². The van der Waals surface area contributed by atoms with Crippen molar-refractivity contribution in [2.45, 2.75) is 56.4 Å². The van der Waals surface area contributed by atoms with Crippen LogP contribution in [0.15, 0.2) is 60.8 Å². The molecule has 0 spiro atoms. The van der Waals surface area contributed by atoms with Crippen LogP contribution in [0.3, 0.4) is 0 Å². The maximum atomic E-state index is 13.3. The summed E-state index contributed by atoms with van der Waals surface area (Å²) >= 11 is 0. The number of aromatic amines is 1. The van der Waals surface area contributed by atoms with Gasteiger partial charge >= 0.3 is 6.03 Å². The Morgan fingerprint density at radius 2 is 1.91 bits per heavy atom. The number of nitrogens with two attached hydrogens (primary N) is 1. The van der Waals surface area contributed by atoms with E-state index in [4.69, 9.17) is 5.73 Å². The summed E-state index contributed by atoms with van der Waals surface area (Å²) in [6.45, 7) is 0.884. The van der Waals surface area contributed by atoms with Crippen LogP contribution in [0, 0.1) is 11.3 Å². The van der Waals surface area contributed by atoms with Crippen molar-refractivity contribution < 1.29 is 9.59 Å². The molecule has 4 atom stereocenters. The lowest BCUT2D eigenvalue weighted by molar-refractivity contribution is -0.134. The number of piperidine rings is 1. The molecule has 3 aromatic rings.